The Labute approximate surface area is 200 Å². The predicted molar refractivity (Wildman–Crippen MR) is 138 cm³/mol. The number of hydrogen-bond donors (Lipinski definition) is 3. The van der Waals surface area contributed by atoms with E-state index in [1.807, 2.05) is 29.2 Å². The summed E-state index contributed by atoms with van der Waals surface area (Å²) in [5.74, 6) is 1.82. The number of benzene rings is 2. The lowest BCUT2D eigenvalue weighted by molar-refractivity contribution is 0.483. The molecule has 3 N–H and O–H groups in total. The van der Waals surface area contributed by atoms with Crippen LogP contribution in [0.1, 0.15) is 30.5 Å². The number of fused-ring (bicyclic) bond motifs is 1. The fourth-order valence-corrected chi connectivity index (χ4v) is 4.27. The first-order valence-electron chi connectivity index (χ1n) is 11.9. The molecule has 0 unspecified atom stereocenters. The highest BCUT2D eigenvalue weighted by Gasteiger charge is 2.15. The maximum absolute atomic E-state index is 4.87. The van der Waals surface area contributed by atoms with Gasteiger partial charge in [0.2, 0.25) is 5.95 Å². The number of hydrogen-bond acceptors (Lipinski definition) is 6. The molecule has 7 nitrogen and oxygen atoms in total. The smallest absolute Gasteiger partial charge is 0.229 e. The van der Waals surface area contributed by atoms with E-state index in [1.54, 1.807) is 0 Å². The fraction of sp³-hybridized carbons (Fsp3) is 0.296. The molecule has 0 atom stereocenters. The second kappa shape index (κ2) is 9.65. The van der Waals surface area contributed by atoms with Gasteiger partial charge in [0.25, 0.3) is 0 Å². The molecule has 0 saturated heterocycles. The van der Waals surface area contributed by atoms with Gasteiger partial charge in [0, 0.05) is 48.0 Å². The number of nitrogens with one attached hydrogen (secondary N) is 3. The van der Waals surface area contributed by atoms with Crippen LogP contribution in [0.15, 0.2) is 61.1 Å². The van der Waals surface area contributed by atoms with E-state index in [-0.39, 0.29) is 0 Å². The average Bonchev–Trinajstić information content (AvgIpc) is 3.27. The Kier molecular flexibility index (Phi) is 6.27. The summed E-state index contributed by atoms with van der Waals surface area (Å²) >= 11 is 0. The SMILES string of the molecule is Cc1cccc(Nc2ncc(-c3cnn(CC(C)C)c3)c(Nc3ccc4c(c3)CNCC4)n2)c1. The number of aryl methyl sites for hydroxylation is 1. The van der Waals surface area contributed by atoms with Crippen molar-refractivity contribution < 1.29 is 0 Å². The largest absolute Gasteiger partial charge is 0.340 e. The van der Waals surface area contributed by atoms with Crippen LogP contribution < -0.4 is 16.0 Å². The van der Waals surface area contributed by atoms with E-state index < -0.39 is 0 Å². The van der Waals surface area contributed by atoms with Crippen LogP contribution >= 0.6 is 0 Å². The van der Waals surface area contributed by atoms with E-state index in [0.717, 1.165) is 54.4 Å². The van der Waals surface area contributed by atoms with Gasteiger partial charge in [-0.25, -0.2) is 4.98 Å². The Morgan fingerprint density at radius 2 is 1.91 bits per heavy atom. The Bertz CT molecular complexity index is 1290. The van der Waals surface area contributed by atoms with Crippen LogP contribution in [-0.2, 0) is 19.5 Å². The van der Waals surface area contributed by atoms with Crippen LogP contribution in [0.2, 0.25) is 0 Å². The second-order valence-electron chi connectivity index (χ2n) is 9.33. The molecule has 174 valence electrons. The molecular weight excluding hydrogens is 422 g/mol. The zero-order valence-corrected chi connectivity index (χ0v) is 20.0. The highest BCUT2D eigenvalue weighted by atomic mass is 15.3. The average molecular weight is 454 g/mol. The lowest BCUT2D eigenvalue weighted by atomic mass is 10.0. The second-order valence-corrected chi connectivity index (χ2v) is 9.33. The minimum absolute atomic E-state index is 0.520. The van der Waals surface area contributed by atoms with Crippen LogP contribution in [0.4, 0.5) is 23.1 Å². The summed E-state index contributed by atoms with van der Waals surface area (Å²) in [5, 5.41) is 14.9. The monoisotopic (exact) mass is 453 g/mol. The molecule has 0 amide bonds. The maximum Gasteiger partial charge on any atom is 0.229 e. The van der Waals surface area contributed by atoms with Crippen molar-refractivity contribution in [3.05, 3.63) is 77.7 Å². The Morgan fingerprint density at radius 3 is 2.76 bits per heavy atom. The highest BCUT2D eigenvalue weighted by molar-refractivity contribution is 5.78. The van der Waals surface area contributed by atoms with Crippen molar-refractivity contribution in [3.63, 3.8) is 0 Å². The molecule has 0 spiro atoms. The molecule has 0 radical (unpaired) electrons. The van der Waals surface area contributed by atoms with Gasteiger partial charge in [-0.1, -0.05) is 32.0 Å². The molecule has 34 heavy (non-hydrogen) atoms. The van der Waals surface area contributed by atoms with Crippen molar-refractivity contribution in [1.82, 2.24) is 25.1 Å². The van der Waals surface area contributed by atoms with Crippen molar-refractivity contribution in [3.8, 4) is 11.1 Å². The summed E-state index contributed by atoms with van der Waals surface area (Å²) in [6.45, 7) is 9.24. The topological polar surface area (TPSA) is 79.7 Å². The molecule has 0 aliphatic carbocycles. The zero-order valence-electron chi connectivity index (χ0n) is 20.0. The van der Waals surface area contributed by atoms with Crippen molar-refractivity contribution >= 4 is 23.1 Å². The number of nitrogens with zero attached hydrogens (tertiary/aromatic N) is 4. The minimum atomic E-state index is 0.520. The minimum Gasteiger partial charge on any atom is -0.340 e. The molecule has 0 bridgehead atoms. The van der Waals surface area contributed by atoms with E-state index in [2.05, 4.69) is 83.3 Å². The van der Waals surface area contributed by atoms with Gasteiger partial charge in [-0.3, -0.25) is 4.68 Å². The van der Waals surface area contributed by atoms with Gasteiger partial charge >= 0.3 is 0 Å². The van der Waals surface area contributed by atoms with Gasteiger partial charge in [0.15, 0.2) is 0 Å². The lowest BCUT2D eigenvalue weighted by Crippen LogP contribution is -2.23. The van der Waals surface area contributed by atoms with Gasteiger partial charge in [-0.2, -0.15) is 10.1 Å². The van der Waals surface area contributed by atoms with Gasteiger partial charge in [0.05, 0.1) is 6.20 Å². The molecule has 5 rings (SSSR count). The van der Waals surface area contributed by atoms with Crippen LogP contribution in [0.3, 0.4) is 0 Å². The molecule has 1 aliphatic heterocycles. The quantitative estimate of drug-likeness (QED) is 0.346. The van der Waals surface area contributed by atoms with Crippen LogP contribution in [0, 0.1) is 12.8 Å². The van der Waals surface area contributed by atoms with Gasteiger partial charge in [-0.05, 0) is 66.8 Å². The van der Waals surface area contributed by atoms with Crippen molar-refractivity contribution in [1.29, 1.82) is 0 Å². The molecule has 1 aliphatic rings. The summed E-state index contributed by atoms with van der Waals surface area (Å²) in [4.78, 5) is 9.48. The molecule has 7 heteroatoms. The number of rotatable bonds is 7. The van der Waals surface area contributed by atoms with E-state index in [9.17, 15) is 0 Å². The van der Waals surface area contributed by atoms with E-state index in [1.165, 1.54) is 16.7 Å². The first-order valence-corrected chi connectivity index (χ1v) is 11.9. The Morgan fingerprint density at radius 1 is 1.03 bits per heavy atom. The molecule has 4 aromatic rings. The molecule has 0 fully saturated rings. The van der Waals surface area contributed by atoms with Crippen LogP contribution in [0.5, 0.6) is 0 Å². The van der Waals surface area contributed by atoms with E-state index in [4.69, 9.17) is 4.98 Å². The van der Waals surface area contributed by atoms with Crippen molar-refractivity contribution in [2.45, 2.75) is 40.3 Å². The molecular formula is C27H31N7. The standard InChI is InChI=1S/C27H31N7/c1-18(2)16-34-17-22(14-30-34)25-15-29-27(32-23-6-4-5-19(3)11-23)33-26(25)31-24-8-7-20-9-10-28-13-21(20)12-24/h4-8,11-12,14-15,17-18,28H,9-10,13,16H2,1-3H3,(H2,29,31,32,33). The zero-order chi connectivity index (χ0) is 23.5. The fourth-order valence-electron chi connectivity index (χ4n) is 4.27. The van der Waals surface area contributed by atoms with Gasteiger partial charge in [-0.15, -0.1) is 0 Å². The normalized spacial score (nSPS) is 13.1. The first-order chi connectivity index (χ1) is 16.5. The summed E-state index contributed by atoms with van der Waals surface area (Å²) in [7, 11) is 0. The van der Waals surface area contributed by atoms with Crippen LogP contribution in [0.25, 0.3) is 11.1 Å². The van der Waals surface area contributed by atoms with Gasteiger partial charge in [0.1, 0.15) is 5.82 Å². The molecule has 2 aromatic carbocycles. The predicted octanol–water partition coefficient (Wildman–Crippen LogP) is 5.44. The summed E-state index contributed by atoms with van der Waals surface area (Å²) in [6.07, 6.45) is 6.88. The highest BCUT2D eigenvalue weighted by Crippen LogP contribution is 2.31. The third-order valence-electron chi connectivity index (χ3n) is 5.91. The number of aromatic nitrogens is 4. The van der Waals surface area contributed by atoms with Crippen molar-refractivity contribution in [2.75, 3.05) is 17.2 Å². The Hall–Kier alpha value is -3.71. The number of anilines is 4. The van der Waals surface area contributed by atoms with Crippen LogP contribution in [-0.4, -0.2) is 26.3 Å². The molecule has 2 aromatic heterocycles. The summed E-state index contributed by atoms with van der Waals surface area (Å²) in [5.41, 5.74) is 7.80. The van der Waals surface area contributed by atoms with E-state index >= 15 is 0 Å². The summed E-state index contributed by atoms with van der Waals surface area (Å²) in [6, 6.07) is 14.7. The van der Waals surface area contributed by atoms with Crippen molar-refractivity contribution in [2.24, 2.45) is 5.92 Å². The summed E-state index contributed by atoms with van der Waals surface area (Å²) < 4.78 is 1.98. The van der Waals surface area contributed by atoms with Gasteiger partial charge < -0.3 is 16.0 Å². The maximum atomic E-state index is 4.87. The lowest BCUT2D eigenvalue weighted by Gasteiger charge is -2.19. The third-order valence-corrected chi connectivity index (χ3v) is 5.91. The molecule has 3 heterocycles. The Balaban J connectivity index is 1.49. The third kappa shape index (κ3) is 5.10. The van der Waals surface area contributed by atoms with E-state index in [0.29, 0.717) is 11.9 Å². The first kappa shape index (κ1) is 22.1. The molecule has 0 saturated carbocycles.